The minimum absolute atomic E-state index is 0.353. The molecule has 80 valence electrons. The van der Waals surface area contributed by atoms with Gasteiger partial charge in [0.1, 0.15) is 36.5 Å². The number of aliphatic hydroxyl groups excluding tert-OH is 2. The summed E-state index contributed by atoms with van der Waals surface area (Å²) < 4.78 is 17.7. The number of hydrogen-bond acceptors (Lipinski definition) is 5. The Morgan fingerprint density at radius 3 is 2.86 bits per heavy atom. The van der Waals surface area contributed by atoms with Crippen LogP contribution >= 0.6 is 11.8 Å². The van der Waals surface area contributed by atoms with Crippen LogP contribution in [0.3, 0.4) is 0 Å². The number of thioether (sulfide) groups is 1. The maximum absolute atomic E-state index is 12.4. The van der Waals surface area contributed by atoms with Crippen molar-refractivity contribution in [3.05, 3.63) is 0 Å². The minimum atomic E-state index is -1.18. The molecule has 0 aliphatic carbocycles. The average Bonchev–Trinajstić information content (AvgIpc) is 2.52. The van der Waals surface area contributed by atoms with E-state index in [-0.39, 0.29) is 5.44 Å². The van der Waals surface area contributed by atoms with Crippen LogP contribution in [0.1, 0.15) is 6.92 Å². The number of ether oxygens (including phenoxy) is 1. The fourth-order valence-electron chi connectivity index (χ4n) is 1.69. The summed E-state index contributed by atoms with van der Waals surface area (Å²) in [5.74, 6) is 0. The first-order chi connectivity index (χ1) is 6.63. The lowest BCUT2D eigenvalue weighted by Crippen LogP contribution is -2.55. The van der Waals surface area contributed by atoms with Gasteiger partial charge in [-0.1, -0.05) is 11.8 Å². The molecular weight excluding hydrogens is 209 g/mol. The van der Waals surface area contributed by atoms with E-state index < -0.39 is 31.0 Å². The largest absolute Gasteiger partial charge is 0.388 e. The van der Waals surface area contributed by atoms with Crippen molar-refractivity contribution < 1.29 is 19.3 Å². The van der Waals surface area contributed by atoms with Gasteiger partial charge < -0.3 is 14.9 Å². The van der Waals surface area contributed by atoms with Gasteiger partial charge in [-0.3, -0.25) is 4.99 Å². The third-order valence-electron chi connectivity index (χ3n) is 2.44. The molecule has 0 aromatic heterocycles. The van der Waals surface area contributed by atoms with Crippen LogP contribution < -0.4 is 0 Å². The number of nitrogens with zero attached hydrogens (tertiary/aromatic N) is 1. The van der Waals surface area contributed by atoms with Crippen LogP contribution in [0.4, 0.5) is 4.39 Å². The van der Waals surface area contributed by atoms with E-state index in [0.717, 1.165) is 5.04 Å². The summed E-state index contributed by atoms with van der Waals surface area (Å²) in [4.78, 5) is 4.13. The molecule has 0 aromatic rings. The van der Waals surface area contributed by atoms with Gasteiger partial charge in [-0.25, -0.2) is 4.39 Å². The van der Waals surface area contributed by atoms with Crippen molar-refractivity contribution in [2.24, 2.45) is 4.99 Å². The van der Waals surface area contributed by atoms with Crippen molar-refractivity contribution in [2.45, 2.75) is 36.7 Å². The molecule has 4 nitrogen and oxygen atoms in total. The van der Waals surface area contributed by atoms with E-state index >= 15 is 0 Å². The number of halogens is 1. The lowest BCUT2D eigenvalue weighted by atomic mass is 9.99. The predicted molar refractivity (Wildman–Crippen MR) is 51.1 cm³/mol. The number of hydrogen-bond donors (Lipinski definition) is 2. The Balaban J connectivity index is 2.14. The van der Waals surface area contributed by atoms with E-state index in [2.05, 4.69) is 4.99 Å². The molecule has 1 fully saturated rings. The molecule has 2 aliphatic heterocycles. The van der Waals surface area contributed by atoms with Crippen molar-refractivity contribution >= 4 is 16.8 Å². The Hall–Kier alpha value is -0.170. The van der Waals surface area contributed by atoms with Crippen molar-refractivity contribution in [1.29, 1.82) is 0 Å². The summed E-state index contributed by atoms with van der Waals surface area (Å²) in [6.45, 7) is 1.01. The van der Waals surface area contributed by atoms with Crippen LogP contribution in [0.2, 0.25) is 0 Å². The van der Waals surface area contributed by atoms with Gasteiger partial charge in [0.25, 0.3) is 0 Å². The zero-order valence-electron chi connectivity index (χ0n) is 7.63. The molecule has 0 amide bonds. The molecule has 14 heavy (non-hydrogen) atoms. The number of aliphatic hydroxyl groups is 2. The summed E-state index contributed by atoms with van der Waals surface area (Å²) in [5, 5.41) is 19.9. The van der Waals surface area contributed by atoms with Gasteiger partial charge in [0.2, 0.25) is 0 Å². The third kappa shape index (κ3) is 1.56. The second kappa shape index (κ2) is 3.77. The van der Waals surface area contributed by atoms with Crippen molar-refractivity contribution in [1.82, 2.24) is 0 Å². The average molecular weight is 221 g/mol. The normalized spacial score (nSPS) is 47.4. The quantitative estimate of drug-likeness (QED) is 0.651. The molecule has 1 saturated heterocycles. The van der Waals surface area contributed by atoms with E-state index in [1.807, 2.05) is 0 Å². The number of rotatable bonds is 1. The molecule has 0 bridgehead atoms. The summed E-state index contributed by atoms with van der Waals surface area (Å²) in [6, 6.07) is -0.460. The predicted octanol–water partition coefficient (Wildman–Crippen LogP) is -0.0636. The molecule has 2 rings (SSSR count). The molecule has 0 saturated carbocycles. The van der Waals surface area contributed by atoms with Crippen molar-refractivity contribution in [3.8, 4) is 0 Å². The van der Waals surface area contributed by atoms with Crippen LogP contribution in [-0.2, 0) is 4.74 Å². The Morgan fingerprint density at radius 2 is 2.21 bits per heavy atom. The van der Waals surface area contributed by atoms with Gasteiger partial charge >= 0.3 is 0 Å². The van der Waals surface area contributed by atoms with Crippen LogP contribution in [0.5, 0.6) is 0 Å². The van der Waals surface area contributed by atoms with Gasteiger partial charge in [0, 0.05) is 0 Å². The Labute approximate surface area is 85.2 Å². The highest BCUT2D eigenvalue weighted by Crippen LogP contribution is 2.36. The molecule has 0 aromatic carbocycles. The molecule has 2 aliphatic rings. The van der Waals surface area contributed by atoms with Gasteiger partial charge in [0.15, 0.2) is 0 Å². The molecule has 6 heteroatoms. The zero-order chi connectivity index (χ0) is 10.3. The molecule has 0 radical (unpaired) electrons. The van der Waals surface area contributed by atoms with Gasteiger partial charge in [-0.15, -0.1) is 0 Å². The van der Waals surface area contributed by atoms with Crippen LogP contribution in [0, 0.1) is 0 Å². The lowest BCUT2D eigenvalue weighted by Gasteiger charge is -2.37. The number of fused-ring (bicyclic) bond motifs is 1. The molecular formula is C8H12FNO3S. The highest BCUT2D eigenvalue weighted by molar-refractivity contribution is 8.14. The van der Waals surface area contributed by atoms with Crippen molar-refractivity contribution in [2.75, 3.05) is 6.67 Å². The maximum atomic E-state index is 12.4. The summed E-state index contributed by atoms with van der Waals surface area (Å²) in [5.41, 5.74) is -0.353. The highest BCUT2D eigenvalue weighted by Gasteiger charge is 2.47. The Bertz CT molecular complexity index is 263. The third-order valence-corrected chi connectivity index (χ3v) is 3.51. The number of alkyl halides is 1. The fraction of sp³-hybridized carbons (Fsp3) is 0.875. The summed E-state index contributed by atoms with van der Waals surface area (Å²) >= 11 is 1.36. The Kier molecular flexibility index (Phi) is 2.79. The number of aliphatic imine (C=N–C) groups is 1. The van der Waals surface area contributed by atoms with Gasteiger partial charge in [0.05, 0.1) is 5.04 Å². The van der Waals surface area contributed by atoms with Crippen LogP contribution in [-0.4, -0.2) is 51.7 Å². The molecule has 2 heterocycles. The molecule has 0 unspecified atom stereocenters. The maximum Gasteiger partial charge on any atom is 0.134 e. The van der Waals surface area contributed by atoms with Crippen LogP contribution in [0.15, 0.2) is 4.99 Å². The SMILES string of the molecule is CC1=N[C@@H]2[C@@H](O)[C@H](O)[C@@H](CF)O[C@@H]2S1. The fourth-order valence-corrected chi connectivity index (χ4v) is 2.77. The van der Waals surface area contributed by atoms with Gasteiger partial charge in [-0.05, 0) is 6.92 Å². The topological polar surface area (TPSA) is 62.1 Å². The molecule has 0 spiro atoms. The van der Waals surface area contributed by atoms with E-state index in [9.17, 15) is 14.6 Å². The van der Waals surface area contributed by atoms with E-state index in [1.165, 1.54) is 11.8 Å². The van der Waals surface area contributed by atoms with Crippen molar-refractivity contribution in [3.63, 3.8) is 0 Å². The zero-order valence-corrected chi connectivity index (χ0v) is 8.45. The first kappa shape index (κ1) is 10.4. The molecule has 5 atom stereocenters. The second-order valence-electron chi connectivity index (χ2n) is 3.43. The summed E-state index contributed by atoms with van der Waals surface area (Å²) in [7, 11) is 0. The lowest BCUT2D eigenvalue weighted by molar-refractivity contribution is -0.157. The summed E-state index contributed by atoms with van der Waals surface area (Å²) in [6.07, 6.45) is -3.14. The Morgan fingerprint density at radius 1 is 1.50 bits per heavy atom. The first-order valence-electron chi connectivity index (χ1n) is 4.42. The monoisotopic (exact) mass is 221 g/mol. The molecule has 2 N–H and O–H groups in total. The van der Waals surface area contributed by atoms with Crippen LogP contribution in [0.25, 0.3) is 0 Å². The van der Waals surface area contributed by atoms with E-state index in [1.54, 1.807) is 6.92 Å². The highest BCUT2D eigenvalue weighted by atomic mass is 32.2. The minimum Gasteiger partial charge on any atom is -0.388 e. The first-order valence-corrected chi connectivity index (χ1v) is 5.30. The smallest absolute Gasteiger partial charge is 0.134 e. The van der Waals surface area contributed by atoms with Gasteiger partial charge in [-0.2, -0.15) is 0 Å². The standard InChI is InChI=1S/C8H12FNO3S/c1-3-10-5-7(12)6(11)4(2-9)13-8(5)14-3/h4-8,11-12H,2H2,1H3/t4-,5-,6-,7-,8-/m1/s1. The van der Waals surface area contributed by atoms with E-state index in [0.29, 0.717) is 0 Å². The second-order valence-corrected chi connectivity index (χ2v) is 4.73. The van der Waals surface area contributed by atoms with E-state index in [4.69, 9.17) is 4.74 Å².